The molecule has 0 spiro atoms. The summed E-state index contributed by atoms with van der Waals surface area (Å²) in [6.45, 7) is 17.1. The van der Waals surface area contributed by atoms with Crippen molar-refractivity contribution < 1.29 is 4.74 Å². The molecule has 0 saturated carbocycles. The van der Waals surface area contributed by atoms with E-state index in [0.717, 1.165) is 78.0 Å². The normalized spacial score (nSPS) is 15.8. The number of benzene rings is 1. The van der Waals surface area contributed by atoms with Gasteiger partial charge in [0.1, 0.15) is 0 Å². The summed E-state index contributed by atoms with van der Waals surface area (Å²) in [6.07, 6.45) is 1.12. The molecule has 28 heavy (non-hydrogen) atoms. The van der Waals surface area contributed by atoms with E-state index in [2.05, 4.69) is 65.5 Å². The van der Waals surface area contributed by atoms with Gasteiger partial charge in [-0.15, -0.1) is 0 Å². The van der Waals surface area contributed by atoms with Crippen LogP contribution in [0.2, 0.25) is 0 Å². The molecule has 158 valence electrons. The van der Waals surface area contributed by atoms with Crippen LogP contribution in [0.1, 0.15) is 38.3 Å². The number of hydrogen-bond acceptors (Lipinski definition) is 4. The van der Waals surface area contributed by atoms with Gasteiger partial charge in [-0.25, -0.2) is 4.99 Å². The zero-order chi connectivity index (χ0) is 20.0. The standard InChI is InChI=1S/C22H39N5O/c1-4-23-22(24-12-9-13-26(5-2)6-3)25-18-20-10-7-8-11-21(20)19-27-14-16-28-17-15-27/h7-8,10-11H,4-6,9,12-19H2,1-3H3,(H2,23,24,25). The summed E-state index contributed by atoms with van der Waals surface area (Å²) in [4.78, 5) is 9.75. The van der Waals surface area contributed by atoms with Crippen LogP contribution in [0, 0.1) is 0 Å². The summed E-state index contributed by atoms with van der Waals surface area (Å²) in [7, 11) is 0. The van der Waals surface area contributed by atoms with Crippen LogP contribution in [0.25, 0.3) is 0 Å². The van der Waals surface area contributed by atoms with Crippen molar-refractivity contribution in [3.05, 3.63) is 35.4 Å². The van der Waals surface area contributed by atoms with Gasteiger partial charge in [0.2, 0.25) is 0 Å². The van der Waals surface area contributed by atoms with Crippen LogP contribution in [0.5, 0.6) is 0 Å². The SMILES string of the molecule is CCNC(=NCc1ccccc1CN1CCOCC1)NCCCN(CC)CC. The van der Waals surface area contributed by atoms with Crippen molar-refractivity contribution in [2.24, 2.45) is 4.99 Å². The van der Waals surface area contributed by atoms with Crippen LogP contribution in [0.4, 0.5) is 0 Å². The van der Waals surface area contributed by atoms with Crippen LogP contribution in [-0.2, 0) is 17.8 Å². The lowest BCUT2D eigenvalue weighted by Crippen LogP contribution is -2.39. The lowest BCUT2D eigenvalue weighted by Gasteiger charge is -2.27. The van der Waals surface area contributed by atoms with Crippen LogP contribution >= 0.6 is 0 Å². The zero-order valence-electron chi connectivity index (χ0n) is 18.0. The van der Waals surface area contributed by atoms with E-state index in [9.17, 15) is 0 Å². The molecule has 0 aliphatic carbocycles. The predicted octanol–water partition coefficient (Wildman–Crippen LogP) is 2.31. The van der Waals surface area contributed by atoms with Gasteiger partial charge in [0, 0.05) is 32.7 Å². The third-order valence-corrected chi connectivity index (χ3v) is 5.21. The Bertz CT molecular complexity index is 568. The Morgan fingerprint density at radius 1 is 1.07 bits per heavy atom. The van der Waals surface area contributed by atoms with Gasteiger partial charge in [-0.1, -0.05) is 38.1 Å². The average Bonchev–Trinajstić information content (AvgIpc) is 2.73. The Morgan fingerprint density at radius 2 is 1.79 bits per heavy atom. The summed E-state index contributed by atoms with van der Waals surface area (Å²) >= 11 is 0. The van der Waals surface area contributed by atoms with E-state index in [4.69, 9.17) is 9.73 Å². The second kappa shape index (κ2) is 13.5. The summed E-state index contributed by atoms with van der Waals surface area (Å²) in [5.41, 5.74) is 2.67. The molecule has 1 aromatic carbocycles. The van der Waals surface area contributed by atoms with Crippen LogP contribution in [0.15, 0.2) is 29.3 Å². The summed E-state index contributed by atoms with van der Waals surface area (Å²) in [6, 6.07) is 8.66. The van der Waals surface area contributed by atoms with E-state index >= 15 is 0 Å². The van der Waals surface area contributed by atoms with Crippen molar-refractivity contribution in [3.8, 4) is 0 Å². The van der Waals surface area contributed by atoms with E-state index < -0.39 is 0 Å². The molecule has 1 saturated heterocycles. The van der Waals surface area contributed by atoms with Gasteiger partial charge in [-0.05, 0) is 44.1 Å². The molecule has 1 heterocycles. The molecule has 6 nitrogen and oxygen atoms in total. The van der Waals surface area contributed by atoms with Crippen molar-refractivity contribution >= 4 is 5.96 Å². The number of aliphatic imine (C=N–C) groups is 1. The summed E-state index contributed by atoms with van der Waals surface area (Å²) < 4.78 is 5.47. The first kappa shape index (κ1) is 22.7. The number of ether oxygens (including phenoxy) is 1. The highest BCUT2D eigenvalue weighted by Gasteiger charge is 2.12. The monoisotopic (exact) mass is 389 g/mol. The van der Waals surface area contributed by atoms with Gasteiger partial charge >= 0.3 is 0 Å². The molecule has 1 aliphatic rings. The molecule has 1 aliphatic heterocycles. The van der Waals surface area contributed by atoms with Gasteiger partial charge in [0.15, 0.2) is 5.96 Å². The van der Waals surface area contributed by atoms with Crippen molar-refractivity contribution in [3.63, 3.8) is 0 Å². The Balaban J connectivity index is 1.88. The minimum absolute atomic E-state index is 0.700. The number of guanidine groups is 1. The Kier molecular flexibility index (Phi) is 10.9. The molecule has 0 amide bonds. The molecule has 0 bridgehead atoms. The topological polar surface area (TPSA) is 52.1 Å². The quantitative estimate of drug-likeness (QED) is 0.346. The molecule has 1 fully saturated rings. The number of rotatable bonds is 11. The number of nitrogens with one attached hydrogen (secondary N) is 2. The molecule has 0 atom stereocenters. The molecular formula is C22H39N5O. The maximum Gasteiger partial charge on any atom is 0.191 e. The maximum absolute atomic E-state index is 5.47. The van der Waals surface area contributed by atoms with Crippen LogP contribution in [0.3, 0.4) is 0 Å². The molecular weight excluding hydrogens is 350 g/mol. The molecule has 2 N–H and O–H groups in total. The van der Waals surface area contributed by atoms with Gasteiger partial charge in [0.25, 0.3) is 0 Å². The van der Waals surface area contributed by atoms with E-state index in [1.807, 2.05) is 0 Å². The highest BCUT2D eigenvalue weighted by atomic mass is 16.5. The molecule has 0 unspecified atom stereocenters. The number of nitrogens with zero attached hydrogens (tertiary/aromatic N) is 3. The molecule has 0 aromatic heterocycles. The smallest absolute Gasteiger partial charge is 0.191 e. The number of morpholine rings is 1. The third-order valence-electron chi connectivity index (χ3n) is 5.21. The van der Waals surface area contributed by atoms with E-state index in [0.29, 0.717) is 6.54 Å². The molecule has 6 heteroatoms. The van der Waals surface area contributed by atoms with Crippen LogP contribution < -0.4 is 10.6 Å². The molecule has 0 radical (unpaired) electrons. The largest absolute Gasteiger partial charge is 0.379 e. The molecule has 2 rings (SSSR count). The molecule has 1 aromatic rings. The third kappa shape index (κ3) is 8.17. The Morgan fingerprint density at radius 3 is 2.46 bits per heavy atom. The first-order chi connectivity index (χ1) is 13.8. The first-order valence-corrected chi connectivity index (χ1v) is 10.9. The Hall–Kier alpha value is -1.63. The van der Waals surface area contributed by atoms with Crippen molar-refractivity contribution in [1.82, 2.24) is 20.4 Å². The average molecular weight is 390 g/mol. The van der Waals surface area contributed by atoms with Crippen molar-refractivity contribution in [2.75, 3.05) is 59.0 Å². The highest BCUT2D eigenvalue weighted by molar-refractivity contribution is 5.79. The van der Waals surface area contributed by atoms with Gasteiger partial charge < -0.3 is 20.3 Å². The zero-order valence-corrected chi connectivity index (χ0v) is 18.0. The van der Waals surface area contributed by atoms with Crippen LogP contribution in [-0.4, -0.2) is 74.8 Å². The van der Waals surface area contributed by atoms with E-state index in [1.54, 1.807) is 0 Å². The summed E-state index contributed by atoms with van der Waals surface area (Å²) in [5.74, 6) is 0.906. The highest BCUT2D eigenvalue weighted by Crippen LogP contribution is 2.14. The lowest BCUT2D eigenvalue weighted by atomic mass is 10.1. The number of hydrogen-bond donors (Lipinski definition) is 2. The maximum atomic E-state index is 5.47. The van der Waals surface area contributed by atoms with Gasteiger partial charge in [-0.2, -0.15) is 0 Å². The van der Waals surface area contributed by atoms with Crippen molar-refractivity contribution in [1.29, 1.82) is 0 Å². The minimum atomic E-state index is 0.700. The van der Waals surface area contributed by atoms with E-state index in [-0.39, 0.29) is 0 Å². The second-order valence-electron chi connectivity index (χ2n) is 7.16. The van der Waals surface area contributed by atoms with Crippen molar-refractivity contribution in [2.45, 2.75) is 40.3 Å². The Labute approximate surface area is 171 Å². The second-order valence-corrected chi connectivity index (χ2v) is 7.16. The summed E-state index contributed by atoms with van der Waals surface area (Å²) in [5, 5.41) is 6.85. The van der Waals surface area contributed by atoms with E-state index in [1.165, 1.54) is 11.1 Å². The fourth-order valence-electron chi connectivity index (χ4n) is 3.42. The fraction of sp³-hybridized carbons (Fsp3) is 0.682. The van der Waals surface area contributed by atoms with Gasteiger partial charge in [-0.3, -0.25) is 4.90 Å². The fourth-order valence-corrected chi connectivity index (χ4v) is 3.42. The van der Waals surface area contributed by atoms with Gasteiger partial charge in [0.05, 0.1) is 19.8 Å². The predicted molar refractivity (Wildman–Crippen MR) is 118 cm³/mol. The lowest BCUT2D eigenvalue weighted by molar-refractivity contribution is 0.0341. The first-order valence-electron chi connectivity index (χ1n) is 10.9. The minimum Gasteiger partial charge on any atom is -0.379 e.